The van der Waals surface area contributed by atoms with Crippen molar-refractivity contribution in [2.75, 3.05) is 64.0 Å². The molecule has 2 aromatic rings. The molecule has 0 saturated carbocycles. The van der Waals surface area contributed by atoms with Gasteiger partial charge in [0.2, 0.25) is 23.6 Å². The summed E-state index contributed by atoms with van der Waals surface area (Å²) in [5.74, 6) is -0.818. The van der Waals surface area contributed by atoms with E-state index < -0.39 is 0 Å². The van der Waals surface area contributed by atoms with E-state index in [-0.39, 0.29) is 86.3 Å². The largest absolute Gasteiger partial charge is 0.378 e. The molecule has 2 heterocycles. The molecular formula is C36H52N8O6. The number of anilines is 2. The van der Waals surface area contributed by atoms with Gasteiger partial charge in [0.15, 0.2) is 11.6 Å². The number of nitrogens with one attached hydrogen (secondary N) is 4. The van der Waals surface area contributed by atoms with Crippen LogP contribution in [0.5, 0.6) is 0 Å². The number of nitrogens with two attached hydrogens (primary N) is 2. The first-order valence-electron chi connectivity index (χ1n) is 17.2. The molecule has 4 amide bonds. The molecule has 2 atom stereocenters. The van der Waals surface area contributed by atoms with Gasteiger partial charge in [-0.1, -0.05) is 24.3 Å². The zero-order valence-electron chi connectivity index (χ0n) is 29.2. The molecule has 0 radical (unpaired) electrons. The molecule has 2 aromatic carbocycles. The average molecular weight is 693 g/mol. The van der Waals surface area contributed by atoms with Crippen molar-refractivity contribution in [1.82, 2.24) is 20.4 Å². The van der Waals surface area contributed by atoms with E-state index in [0.717, 1.165) is 61.0 Å². The second kappa shape index (κ2) is 20.6. The number of amides is 4. The van der Waals surface area contributed by atoms with Crippen LogP contribution in [0.25, 0.3) is 0 Å². The molecule has 272 valence electrons. The molecule has 14 heteroatoms. The molecule has 14 nitrogen and oxygen atoms in total. The molecule has 2 unspecified atom stereocenters. The van der Waals surface area contributed by atoms with Crippen molar-refractivity contribution >= 4 is 46.6 Å². The first-order chi connectivity index (χ1) is 24.0. The molecule has 4 rings (SSSR count). The van der Waals surface area contributed by atoms with Crippen LogP contribution in [0, 0.1) is 0 Å². The maximum absolute atomic E-state index is 12.4. The van der Waals surface area contributed by atoms with Crippen LogP contribution < -0.4 is 32.7 Å². The van der Waals surface area contributed by atoms with Crippen molar-refractivity contribution in [2.24, 2.45) is 11.5 Å². The Morgan fingerprint density at radius 1 is 0.620 bits per heavy atom. The second-order valence-electron chi connectivity index (χ2n) is 12.7. The lowest BCUT2D eigenvalue weighted by atomic mass is 10.1. The SMILES string of the molecule is CNC1CCCCN(CC(=O)CNc2ccc(CC(N)=O)cc2)C1=O.CNC1CCCCN(CC(=O)CNc2ccc(CC(N)=O)cc2)C1=O. The highest BCUT2D eigenvalue weighted by Gasteiger charge is 2.28. The van der Waals surface area contributed by atoms with Gasteiger partial charge in [0.1, 0.15) is 0 Å². The summed E-state index contributed by atoms with van der Waals surface area (Å²) >= 11 is 0. The van der Waals surface area contributed by atoms with Gasteiger partial charge in [0, 0.05) is 24.5 Å². The smallest absolute Gasteiger partial charge is 0.240 e. The number of primary amides is 2. The van der Waals surface area contributed by atoms with Crippen molar-refractivity contribution < 1.29 is 28.8 Å². The minimum Gasteiger partial charge on any atom is -0.378 e. The van der Waals surface area contributed by atoms with Gasteiger partial charge >= 0.3 is 0 Å². The zero-order valence-corrected chi connectivity index (χ0v) is 29.2. The van der Waals surface area contributed by atoms with E-state index in [1.165, 1.54) is 0 Å². The fourth-order valence-electron chi connectivity index (χ4n) is 5.88. The number of hydrogen-bond acceptors (Lipinski definition) is 10. The number of Topliss-reactive ketones (excluding diaryl/α,β-unsaturated/α-hetero) is 2. The predicted molar refractivity (Wildman–Crippen MR) is 192 cm³/mol. The van der Waals surface area contributed by atoms with E-state index in [4.69, 9.17) is 11.5 Å². The number of likely N-dealkylation sites (tertiary alicyclic amines) is 2. The van der Waals surface area contributed by atoms with E-state index in [1.807, 2.05) is 0 Å². The number of nitrogens with zero attached hydrogens (tertiary/aromatic N) is 2. The lowest BCUT2D eigenvalue weighted by molar-refractivity contribution is -0.136. The maximum Gasteiger partial charge on any atom is 0.240 e. The third-order valence-electron chi connectivity index (χ3n) is 8.64. The summed E-state index contributed by atoms with van der Waals surface area (Å²) in [6.07, 6.45) is 5.84. The fourth-order valence-corrected chi connectivity index (χ4v) is 5.88. The van der Waals surface area contributed by atoms with E-state index >= 15 is 0 Å². The van der Waals surface area contributed by atoms with Crippen LogP contribution in [0.1, 0.15) is 49.7 Å². The highest BCUT2D eigenvalue weighted by molar-refractivity contribution is 5.91. The molecule has 0 aromatic heterocycles. The van der Waals surface area contributed by atoms with Crippen LogP contribution in [-0.2, 0) is 41.6 Å². The number of hydrogen-bond donors (Lipinski definition) is 6. The molecule has 0 spiro atoms. The van der Waals surface area contributed by atoms with Crippen LogP contribution in [-0.4, -0.2) is 110 Å². The van der Waals surface area contributed by atoms with E-state index in [1.54, 1.807) is 72.4 Å². The fraction of sp³-hybridized carbons (Fsp3) is 0.500. The van der Waals surface area contributed by atoms with Gasteiger partial charge < -0.3 is 42.5 Å². The molecule has 2 saturated heterocycles. The van der Waals surface area contributed by atoms with Gasteiger partial charge in [0.05, 0.1) is 51.1 Å². The summed E-state index contributed by atoms with van der Waals surface area (Å²) in [6.45, 7) is 1.83. The summed E-state index contributed by atoms with van der Waals surface area (Å²) in [5, 5.41) is 12.1. The monoisotopic (exact) mass is 692 g/mol. The van der Waals surface area contributed by atoms with E-state index in [0.29, 0.717) is 13.1 Å². The zero-order chi connectivity index (χ0) is 36.5. The number of ketones is 2. The first kappa shape index (κ1) is 39.6. The molecule has 50 heavy (non-hydrogen) atoms. The predicted octanol–water partition coefficient (Wildman–Crippen LogP) is 0.592. The molecule has 0 aliphatic carbocycles. The minimum atomic E-state index is -0.377. The third kappa shape index (κ3) is 13.6. The Labute approximate surface area is 294 Å². The van der Waals surface area contributed by atoms with Gasteiger partial charge in [-0.05, 0) is 88.0 Å². The summed E-state index contributed by atoms with van der Waals surface area (Å²) < 4.78 is 0. The van der Waals surface area contributed by atoms with E-state index in [2.05, 4.69) is 21.3 Å². The van der Waals surface area contributed by atoms with Crippen molar-refractivity contribution in [3.8, 4) is 0 Å². The Hall–Kier alpha value is -4.82. The van der Waals surface area contributed by atoms with Crippen LogP contribution in [0.15, 0.2) is 48.5 Å². The Balaban J connectivity index is 0.000000270. The Kier molecular flexibility index (Phi) is 16.4. The van der Waals surface area contributed by atoms with Crippen LogP contribution >= 0.6 is 0 Å². The van der Waals surface area contributed by atoms with Gasteiger partial charge in [-0.2, -0.15) is 0 Å². The second-order valence-corrected chi connectivity index (χ2v) is 12.7. The van der Waals surface area contributed by atoms with Crippen LogP contribution in [0.4, 0.5) is 11.4 Å². The molecule has 2 aliphatic heterocycles. The quantitative estimate of drug-likeness (QED) is 0.144. The summed E-state index contributed by atoms with van der Waals surface area (Å²) in [5.41, 5.74) is 13.6. The molecule has 2 aliphatic rings. The van der Waals surface area contributed by atoms with Gasteiger partial charge in [-0.15, -0.1) is 0 Å². The maximum atomic E-state index is 12.4. The Bertz CT molecular complexity index is 1340. The average Bonchev–Trinajstić information content (AvgIpc) is 3.38. The number of carbonyl (C=O) groups is 6. The van der Waals surface area contributed by atoms with Gasteiger partial charge in [-0.25, -0.2) is 0 Å². The standard InChI is InChI=1S/2C18H26N4O3/c2*1-20-16-4-2-3-9-22(18(16)25)12-15(23)11-21-14-7-5-13(6-8-14)10-17(19)24/h2*5-8,16,20-21H,2-4,9-12H2,1H3,(H2,19,24). The molecule has 8 N–H and O–H groups in total. The van der Waals surface area contributed by atoms with E-state index in [9.17, 15) is 28.8 Å². The van der Waals surface area contributed by atoms with Crippen molar-refractivity contribution in [3.05, 3.63) is 59.7 Å². The normalized spacial score (nSPS) is 17.9. The number of carbonyl (C=O) groups excluding carboxylic acids is 6. The first-order valence-corrected chi connectivity index (χ1v) is 17.2. The van der Waals surface area contributed by atoms with Crippen LogP contribution in [0.2, 0.25) is 0 Å². The summed E-state index contributed by atoms with van der Waals surface area (Å²) in [6, 6.07) is 14.0. The lowest BCUT2D eigenvalue weighted by Crippen LogP contribution is -2.46. The molecule has 2 fully saturated rings. The summed E-state index contributed by atoms with van der Waals surface area (Å²) in [4.78, 5) is 74.2. The molecular weight excluding hydrogens is 640 g/mol. The topological polar surface area (TPSA) is 209 Å². The number of likely N-dealkylation sites (N-methyl/N-ethyl adjacent to an activating group) is 2. The Morgan fingerprint density at radius 2 is 0.980 bits per heavy atom. The third-order valence-corrected chi connectivity index (χ3v) is 8.64. The van der Waals surface area contributed by atoms with Gasteiger partial charge in [0.25, 0.3) is 0 Å². The lowest BCUT2D eigenvalue weighted by Gasteiger charge is -2.23. The number of rotatable bonds is 16. The number of benzene rings is 2. The van der Waals surface area contributed by atoms with Gasteiger partial charge in [-0.3, -0.25) is 28.8 Å². The van der Waals surface area contributed by atoms with Crippen molar-refractivity contribution in [3.63, 3.8) is 0 Å². The minimum absolute atomic E-state index is 0.00385. The summed E-state index contributed by atoms with van der Waals surface area (Å²) in [7, 11) is 3.55. The highest BCUT2D eigenvalue weighted by Crippen LogP contribution is 2.14. The highest BCUT2D eigenvalue weighted by atomic mass is 16.2. The van der Waals surface area contributed by atoms with Crippen LogP contribution in [0.3, 0.4) is 0 Å². The molecule has 0 bridgehead atoms. The van der Waals surface area contributed by atoms with Crippen molar-refractivity contribution in [2.45, 2.75) is 63.5 Å². The van der Waals surface area contributed by atoms with Crippen molar-refractivity contribution in [1.29, 1.82) is 0 Å². The Morgan fingerprint density at radius 3 is 1.30 bits per heavy atom.